The lowest BCUT2D eigenvalue weighted by Gasteiger charge is -2.13. The highest BCUT2D eigenvalue weighted by atomic mass is 35.5. The fraction of sp³-hybridized carbons (Fsp3) is 0.130. The van der Waals surface area contributed by atoms with Crippen LogP contribution in [-0.4, -0.2) is 13.1 Å². The van der Waals surface area contributed by atoms with Crippen molar-refractivity contribution in [3.05, 3.63) is 93.0 Å². The average Bonchev–Trinajstić information content (AvgIpc) is 2.77. The van der Waals surface area contributed by atoms with Crippen LogP contribution in [0.5, 0.6) is 11.5 Å². The Hall–Kier alpha value is -3.20. The van der Waals surface area contributed by atoms with Crippen molar-refractivity contribution in [2.75, 3.05) is 7.11 Å². The van der Waals surface area contributed by atoms with E-state index in [1.165, 1.54) is 7.11 Å². The molecule has 0 aromatic heterocycles. The highest BCUT2D eigenvalue weighted by Crippen LogP contribution is 2.30. The molecule has 0 bridgehead atoms. The number of nitriles is 1. The van der Waals surface area contributed by atoms with Crippen LogP contribution in [0.25, 0.3) is 0 Å². The number of halogens is 2. The molecule has 0 saturated carbocycles. The molecule has 0 atom stereocenters. The van der Waals surface area contributed by atoms with Gasteiger partial charge in [0.2, 0.25) is 0 Å². The molecule has 3 rings (SSSR count). The largest absolute Gasteiger partial charge is 0.493 e. The van der Waals surface area contributed by atoms with E-state index in [2.05, 4.69) is 0 Å². The van der Waals surface area contributed by atoms with Crippen molar-refractivity contribution in [1.82, 2.24) is 0 Å². The number of ether oxygens (including phenoxy) is 3. The van der Waals surface area contributed by atoms with Crippen molar-refractivity contribution in [2.45, 2.75) is 13.2 Å². The van der Waals surface area contributed by atoms with Crippen molar-refractivity contribution in [2.24, 2.45) is 0 Å². The Bertz CT molecular complexity index is 1090. The van der Waals surface area contributed by atoms with Crippen molar-refractivity contribution >= 4 is 29.2 Å². The van der Waals surface area contributed by atoms with E-state index in [4.69, 9.17) is 42.7 Å². The zero-order valence-electron chi connectivity index (χ0n) is 16.0. The molecule has 0 saturated heterocycles. The summed E-state index contributed by atoms with van der Waals surface area (Å²) in [7, 11) is 1.49. The van der Waals surface area contributed by atoms with E-state index in [-0.39, 0.29) is 13.2 Å². The number of rotatable bonds is 7. The van der Waals surface area contributed by atoms with Crippen molar-refractivity contribution in [3.63, 3.8) is 0 Å². The number of carbonyl (C=O) groups is 1. The standard InChI is InChI=1S/C23H17Cl2NO4/c1-28-22-10-17(23(27)30-13-16-4-2-15(12-26)3-5-16)7-9-21(22)29-14-18-6-8-19(24)11-20(18)25/h2-11H,13-14H2,1H3. The Morgan fingerprint density at radius 1 is 0.967 bits per heavy atom. The Morgan fingerprint density at radius 2 is 1.73 bits per heavy atom. The molecule has 0 fully saturated rings. The second-order valence-electron chi connectivity index (χ2n) is 6.27. The van der Waals surface area contributed by atoms with Crippen LogP contribution in [-0.2, 0) is 18.0 Å². The highest BCUT2D eigenvalue weighted by Gasteiger charge is 2.13. The van der Waals surface area contributed by atoms with Gasteiger partial charge in [-0.2, -0.15) is 5.26 Å². The summed E-state index contributed by atoms with van der Waals surface area (Å²) in [6.07, 6.45) is 0. The van der Waals surface area contributed by atoms with Crippen LogP contribution in [0, 0.1) is 11.3 Å². The van der Waals surface area contributed by atoms with E-state index in [0.717, 1.165) is 11.1 Å². The number of benzene rings is 3. The van der Waals surface area contributed by atoms with Gasteiger partial charge < -0.3 is 14.2 Å². The maximum Gasteiger partial charge on any atom is 0.338 e. The van der Waals surface area contributed by atoms with E-state index < -0.39 is 5.97 Å². The van der Waals surface area contributed by atoms with Gasteiger partial charge in [0.05, 0.1) is 24.3 Å². The molecule has 152 valence electrons. The Labute approximate surface area is 184 Å². The summed E-state index contributed by atoms with van der Waals surface area (Å²) in [5, 5.41) is 9.88. The molecule has 30 heavy (non-hydrogen) atoms. The molecule has 5 nitrogen and oxygen atoms in total. The van der Waals surface area contributed by atoms with Crippen molar-refractivity contribution < 1.29 is 19.0 Å². The Kier molecular flexibility index (Phi) is 7.18. The summed E-state index contributed by atoms with van der Waals surface area (Å²) in [5.74, 6) is 0.366. The zero-order chi connectivity index (χ0) is 21.5. The van der Waals surface area contributed by atoms with E-state index in [1.807, 2.05) is 6.07 Å². The third-order valence-electron chi connectivity index (χ3n) is 4.25. The first-order valence-electron chi connectivity index (χ1n) is 8.91. The summed E-state index contributed by atoms with van der Waals surface area (Å²) < 4.78 is 16.5. The van der Waals surface area contributed by atoms with Crippen LogP contribution in [0.3, 0.4) is 0 Å². The van der Waals surface area contributed by atoms with E-state index in [1.54, 1.807) is 60.7 Å². The molecule has 0 spiro atoms. The highest BCUT2D eigenvalue weighted by molar-refractivity contribution is 6.35. The second-order valence-corrected chi connectivity index (χ2v) is 7.12. The minimum absolute atomic E-state index is 0.0974. The van der Waals surface area contributed by atoms with Gasteiger partial charge in [-0.25, -0.2) is 4.79 Å². The topological polar surface area (TPSA) is 68.5 Å². The molecule has 0 unspecified atom stereocenters. The first kappa shape index (κ1) is 21.5. The molecule has 7 heteroatoms. The Balaban J connectivity index is 1.65. The van der Waals surface area contributed by atoms with E-state index >= 15 is 0 Å². The van der Waals surface area contributed by atoms with Gasteiger partial charge in [-0.3, -0.25) is 0 Å². The number of carbonyl (C=O) groups excluding carboxylic acids is 1. The maximum absolute atomic E-state index is 12.4. The smallest absolute Gasteiger partial charge is 0.338 e. The lowest BCUT2D eigenvalue weighted by Crippen LogP contribution is -2.06. The zero-order valence-corrected chi connectivity index (χ0v) is 17.5. The molecule has 3 aromatic rings. The fourth-order valence-electron chi connectivity index (χ4n) is 2.62. The first-order valence-corrected chi connectivity index (χ1v) is 9.66. The van der Waals surface area contributed by atoms with Crippen LogP contribution in [0.4, 0.5) is 0 Å². The SMILES string of the molecule is COc1cc(C(=O)OCc2ccc(C#N)cc2)ccc1OCc1ccc(Cl)cc1Cl. The molecule has 0 aliphatic carbocycles. The van der Waals surface area contributed by atoms with Crippen LogP contribution in [0.1, 0.15) is 27.0 Å². The molecule has 3 aromatic carbocycles. The molecular weight excluding hydrogens is 425 g/mol. The van der Waals surface area contributed by atoms with Gasteiger partial charge in [0.25, 0.3) is 0 Å². The summed E-state index contributed by atoms with van der Waals surface area (Å²) in [6, 6.07) is 18.8. The van der Waals surface area contributed by atoms with Crippen molar-refractivity contribution in [1.29, 1.82) is 5.26 Å². The van der Waals surface area contributed by atoms with Gasteiger partial charge in [-0.15, -0.1) is 0 Å². The molecule has 0 heterocycles. The number of methoxy groups -OCH3 is 1. The number of esters is 1. The lowest BCUT2D eigenvalue weighted by atomic mass is 10.1. The second kappa shape index (κ2) is 10.0. The minimum atomic E-state index is -0.495. The molecule has 0 N–H and O–H groups in total. The Morgan fingerprint density at radius 3 is 2.40 bits per heavy atom. The van der Waals surface area contributed by atoms with Gasteiger partial charge >= 0.3 is 5.97 Å². The van der Waals surface area contributed by atoms with E-state index in [0.29, 0.717) is 32.7 Å². The molecule has 0 aliphatic heterocycles. The van der Waals surface area contributed by atoms with Crippen LogP contribution in [0.2, 0.25) is 10.0 Å². The van der Waals surface area contributed by atoms with Crippen LogP contribution < -0.4 is 9.47 Å². The quantitative estimate of drug-likeness (QED) is 0.432. The van der Waals surface area contributed by atoms with Crippen molar-refractivity contribution in [3.8, 4) is 17.6 Å². The van der Waals surface area contributed by atoms with Gasteiger partial charge in [-0.1, -0.05) is 41.4 Å². The lowest BCUT2D eigenvalue weighted by molar-refractivity contribution is 0.0472. The summed E-state index contributed by atoms with van der Waals surface area (Å²) >= 11 is 12.1. The van der Waals surface area contributed by atoms with Crippen LogP contribution >= 0.6 is 23.2 Å². The summed E-state index contributed by atoms with van der Waals surface area (Å²) in [6.45, 7) is 0.315. The molecule has 0 aliphatic rings. The fourth-order valence-corrected chi connectivity index (χ4v) is 3.08. The summed E-state index contributed by atoms with van der Waals surface area (Å²) in [5.41, 5.74) is 2.44. The minimum Gasteiger partial charge on any atom is -0.493 e. The summed E-state index contributed by atoms with van der Waals surface area (Å²) in [4.78, 5) is 12.4. The third kappa shape index (κ3) is 5.44. The number of hydrogen-bond acceptors (Lipinski definition) is 5. The van der Waals surface area contributed by atoms with E-state index in [9.17, 15) is 4.79 Å². The average molecular weight is 442 g/mol. The molecule has 0 amide bonds. The molecular formula is C23H17Cl2NO4. The predicted molar refractivity (Wildman–Crippen MR) is 114 cm³/mol. The predicted octanol–water partition coefficient (Wildman–Crippen LogP) is 5.81. The van der Waals surface area contributed by atoms with Gasteiger partial charge in [0, 0.05) is 15.6 Å². The number of hydrogen-bond donors (Lipinski definition) is 0. The van der Waals surface area contributed by atoms with Gasteiger partial charge in [0.15, 0.2) is 11.5 Å². The normalized spacial score (nSPS) is 10.2. The number of nitrogens with zero attached hydrogens (tertiary/aromatic N) is 1. The first-order chi connectivity index (χ1) is 14.5. The monoisotopic (exact) mass is 441 g/mol. The maximum atomic E-state index is 12.4. The molecule has 0 radical (unpaired) electrons. The third-order valence-corrected chi connectivity index (χ3v) is 4.84. The van der Waals surface area contributed by atoms with Crippen LogP contribution in [0.15, 0.2) is 60.7 Å². The van der Waals surface area contributed by atoms with Gasteiger partial charge in [0.1, 0.15) is 13.2 Å². The van der Waals surface area contributed by atoms with Gasteiger partial charge in [-0.05, 0) is 48.0 Å².